The monoisotopic (exact) mass is 525 g/mol. The van der Waals surface area contributed by atoms with E-state index in [9.17, 15) is 0 Å². The smallest absolute Gasteiger partial charge is 0.191 e. The van der Waals surface area contributed by atoms with E-state index in [0.29, 0.717) is 12.6 Å². The van der Waals surface area contributed by atoms with Crippen molar-refractivity contribution in [2.75, 3.05) is 46.3 Å². The molecule has 0 radical (unpaired) electrons. The van der Waals surface area contributed by atoms with Crippen LogP contribution in [0.1, 0.15) is 25.0 Å². The van der Waals surface area contributed by atoms with Gasteiger partial charge < -0.3 is 15.5 Å². The minimum atomic E-state index is 0. The second kappa shape index (κ2) is 12.9. The number of rotatable bonds is 8. The molecule has 166 valence electrons. The van der Waals surface area contributed by atoms with Crippen molar-refractivity contribution in [3.63, 3.8) is 0 Å². The summed E-state index contributed by atoms with van der Waals surface area (Å²) >= 11 is 0. The van der Waals surface area contributed by atoms with Gasteiger partial charge in [0.05, 0.1) is 13.1 Å². The Morgan fingerprint density at radius 1 is 1.10 bits per heavy atom. The predicted octanol–water partition coefficient (Wildman–Crippen LogP) is 2.24. The van der Waals surface area contributed by atoms with Crippen LogP contribution in [-0.4, -0.2) is 77.9 Å². The fourth-order valence-corrected chi connectivity index (χ4v) is 3.58. The summed E-state index contributed by atoms with van der Waals surface area (Å²) in [5.41, 5.74) is 2.48. The molecule has 1 saturated heterocycles. The predicted molar refractivity (Wildman–Crippen MR) is 135 cm³/mol. The zero-order chi connectivity index (χ0) is 20.5. The number of hydrogen-bond acceptors (Lipinski definition) is 4. The lowest BCUT2D eigenvalue weighted by Gasteiger charge is -2.36. The van der Waals surface area contributed by atoms with Crippen molar-refractivity contribution in [3.8, 4) is 0 Å². The minimum Gasteiger partial charge on any atom is -0.357 e. The van der Waals surface area contributed by atoms with E-state index in [2.05, 4.69) is 70.7 Å². The highest BCUT2D eigenvalue weighted by atomic mass is 127. The summed E-state index contributed by atoms with van der Waals surface area (Å²) in [7, 11) is 2.19. The largest absolute Gasteiger partial charge is 0.357 e. The SMILES string of the molecule is CCNC(=NCc1ccccc1Cn1cccn1)NCC(C)N1CCN(C)CC1.I. The summed E-state index contributed by atoms with van der Waals surface area (Å²) in [6, 6.07) is 10.9. The number of guanidine groups is 1. The van der Waals surface area contributed by atoms with E-state index in [1.54, 1.807) is 0 Å². The van der Waals surface area contributed by atoms with Crippen LogP contribution in [0.15, 0.2) is 47.7 Å². The van der Waals surface area contributed by atoms with E-state index in [1.807, 2.05) is 23.1 Å². The first kappa shape index (κ1) is 24.6. The number of nitrogens with one attached hydrogen (secondary N) is 2. The summed E-state index contributed by atoms with van der Waals surface area (Å²) in [5, 5.41) is 11.2. The van der Waals surface area contributed by atoms with E-state index >= 15 is 0 Å². The molecule has 0 amide bonds. The molecule has 1 aromatic carbocycles. The Morgan fingerprint density at radius 3 is 2.50 bits per heavy atom. The van der Waals surface area contributed by atoms with Gasteiger partial charge in [-0.25, -0.2) is 4.99 Å². The maximum absolute atomic E-state index is 4.84. The van der Waals surface area contributed by atoms with Crippen molar-refractivity contribution >= 4 is 29.9 Å². The number of benzene rings is 1. The lowest BCUT2D eigenvalue weighted by molar-refractivity contribution is 0.120. The topological polar surface area (TPSA) is 60.7 Å². The molecule has 1 unspecified atom stereocenters. The van der Waals surface area contributed by atoms with Gasteiger partial charge in [-0.3, -0.25) is 9.58 Å². The Hall–Kier alpha value is -1.65. The Bertz CT molecular complexity index is 755. The molecule has 3 rings (SSSR count). The Labute approximate surface area is 197 Å². The van der Waals surface area contributed by atoms with E-state index in [1.165, 1.54) is 11.1 Å². The van der Waals surface area contributed by atoms with Crippen molar-refractivity contribution < 1.29 is 0 Å². The first-order chi connectivity index (χ1) is 14.2. The minimum absolute atomic E-state index is 0. The second-order valence-electron chi connectivity index (χ2n) is 7.74. The number of nitrogens with zero attached hydrogens (tertiary/aromatic N) is 5. The van der Waals surface area contributed by atoms with E-state index in [0.717, 1.165) is 51.8 Å². The molecule has 1 aromatic heterocycles. The third-order valence-electron chi connectivity index (χ3n) is 5.49. The zero-order valence-corrected chi connectivity index (χ0v) is 20.8. The normalized spacial score (nSPS) is 16.7. The molecule has 7 nitrogen and oxygen atoms in total. The van der Waals surface area contributed by atoms with Gasteiger partial charge in [-0.1, -0.05) is 24.3 Å². The van der Waals surface area contributed by atoms with Crippen LogP contribution in [0.5, 0.6) is 0 Å². The highest BCUT2D eigenvalue weighted by Gasteiger charge is 2.19. The van der Waals surface area contributed by atoms with Gasteiger partial charge >= 0.3 is 0 Å². The first-order valence-electron chi connectivity index (χ1n) is 10.6. The van der Waals surface area contributed by atoms with Crippen LogP contribution in [0.4, 0.5) is 0 Å². The summed E-state index contributed by atoms with van der Waals surface area (Å²) in [6.45, 7) is 12.1. The molecule has 1 aliphatic heterocycles. The second-order valence-corrected chi connectivity index (χ2v) is 7.74. The third-order valence-corrected chi connectivity index (χ3v) is 5.49. The maximum Gasteiger partial charge on any atom is 0.191 e. The number of piperazine rings is 1. The standard InChI is InChI=1S/C22H35N7.HI/c1-4-23-22(24-16-19(2)28-14-12-27(3)13-15-28)25-17-20-8-5-6-9-21(20)18-29-11-7-10-26-29;/h5-11,19H,4,12-18H2,1-3H3,(H2,23,24,25);1H. The molecule has 0 aliphatic carbocycles. The molecular formula is C22H36IN7. The van der Waals surface area contributed by atoms with Crippen molar-refractivity contribution in [1.82, 2.24) is 30.2 Å². The van der Waals surface area contributed by atoms with E-state index < -0.39 is 0 Å². The van der Waals surface area contributed by atoms with Crippen LogP contribution in [-0.2, 0) is 13.1 Å². The number of hydrogen-bond donors (Lipinski definition) is 2. The molecular weight excluding hydrogens is 489 g/mol. The van der Waals surface area contributed by atoms with E-state index in [-0.39, 0.29) is 24.0 Å². The van der Waals surface area contributed by atoms with Crippen LogP contribution >= 0.6 is 24.0 Å². The van der Waals surface area contributed by atoms with Gasteiger partial charge in [-0.15, -0.1) is 24.0 Å². The van der Waals surface area contributed by atoms with Gasteiger partial charge in [-0.05, 0) is 38.1 Å². The van der Waals surface area contributed by atoms with Crippen LogP contribution < -0.4 is 10.6 Å². The third kappa shape index (κ3) is 7.55. The molecule has 0 saturated carbocycles. The van der Waals surface area contributed by atoms with Crippen LogP contribution in [0.25, 0.3) is 0 Å². The average molecular weight is 525 g/mol. The van der Waals surface area contributed by atoms with Gasteiger partial charge in [0, 0.05) is 57.7 Å². The molecule has 2 heterocycles. The molecule has 8 heteroatoms. The number of aromatic nitrogens is 2. The molecule has 1 aliphatic rings. The number of likely N-dealkylation sites (N-methyl/N-ethyl adjacent to an activating group) is 1. The summed E-state index contributed by atoms with van der Waals surface area (Å²) in [6.07, 6.45) is 3.81. The molecule has 0 spiro atoms. The lowest BCUT2D eigenvalue weighted by Crippen LogP contribution is -2.52. The van der Waals surface area contributed by atoms with Crippen molar-refractivity contribution in [2.45, 2.75) is 33.0 Å². The van der Waals surface area contributed by atoms with E-state index in [4.69, 9.17) is 4.99 Å². The summed E-state index contributed by atoms with van der Waals surface area (Å²) < 4.78 is 1.95. The van der Waals surface area contributed by atoms with Gasteiger partial charge in [-0.2, -0.15) is 5.10 Å². The molecule has 1 atom stereocenters. The van der Waals surface area contributed by atoms with Gasteiger partial charge in [0.25, 0.3) is 0 Å². The maximum atomic E-state index is 4.84. The Morgan fingerprint density at radius 2 is 1.83 bits per heavy atom. The fourth-order valence-electron chi connectivity index (χ4n) is 3.58. The first-order valence-corrected chi connectivity index (χ1v) is 10.6. The van der Waals surface area contributed by atoms with Crippen molar-refractivity contribution in [2.24, 2.45) is 4.99 Å². The molecule has 2 aromatic rings. The van der Waals surface area contributed by atoms with Crippen LogP contribution in [0, 0.1) is 0 Å². The van der Waals surface area contributed by atoms with Gasteiger partial charge in [0.15, 0.2) is 5.96 Å². The molecule has 0 bridgehead atoms. The van der Waals surface area contributed by atoms with Crippen molar-refractivity contribution in [1.29, 1.82) is 0 Å². The fraction of sp³-hybridized carbons (Fsp3) is 0.545. The highest BCUT2D eigenvalue weighted by Crippen LogP contribution is 2.12. The van der Waals surface area contributed by atoms with Crippen molar-refractivity contribution in [3.05, 3.63) is 53.9 Å². The molecule has 1 fully saturated rings. The quantitative estimate of drug-likeness (QED) is 0.315. The van der Waals surface area contributed by atoms with Gasteiger partial charge in [0.2, 0.25) is 0 Å². The summed E-state index contributed by atoms with van der Waals surface area (Å²) in [5.74, 6) is 0.877. The van der Waals surface area contributed by atoms with Gasteiger partial charge in [0.1, 0.15) is 0 Å². The average Bonchev–Trinajstić information content (AvgIpc) is 3.24. The zero-order valence-electron chi connectivity index (χ0n) is 18.4. The van der Waals surface area contributed by atoms with Crippen LogP contribution in [0.2, 0.25) is 0 Å². The number of aliphatic imine (C=N–C) groups is 1. The lowest BCUT2D eigenvalue weighted by atomic mass is 10.1. The molecule has 30 heavy (non-hydrogen) atoms. The van der Waals surface area contributed by atoms with Crippen LogP contribution in [0.3, 0.4) is 0 Å². The molecule has 2 N–H and O–H groups in total. The Kier molecular flexibility index (Phi) is 10.6. The Balaban J connectivity index is 0.00000320. The number of halogens is 1. The summed E-state index contributed by atoms with van der Waals surface area (Å²) in [4.78, 5) is 9.78. The highest BCUT2D eigenvalue weighted by molar-refractivity contribution is 14.0.